The Morgan fingerprint density at radius 1 is 0.939 bits per heavy atom. The molecule has 4 rings (SSSR count). The highest BCUT2D eigenvalue weighted by Crippen LogP contribution is 2.37. The van der Waals surface area contributed by atoms with Crippen LogP contribution < -0.4 is 5.32 Å². The van der Waals surface area contributed by atoms with Crippen molar-refractivity contribution < 1.29 is 9.59 Å². The Morgan fingerprint density at radius 2 is 1.70 bits per heavy atom. The van der Waals surface area contributed by atoms with Crippen LogP contribution in [-0.2, 0) is 11.2 Å². The third-order valence-corrected chi connectivity index (χ3v) is 7.15. The average molecular weight is 492 g/mol. The summed E-state index contributed by atoms with van der Waals surface area (Å²) in [6, 6.07) is 26.4. The fraction of sp³-hybridized carbons (Fsp3) is 0.111. The molecular formula is C27H22ClNO2S2. The van der Waals surface area contributed by atoms with E-state index in [9.17, 15) is 9.59 Å². The van der Waals surface area contributed by atoms with Gasteiger partial charge in [-0.1, -0.05) is 73.1 Å². The molecule has 0 atom stereocenters. The number of rotatable bonds is 8. The molecule has 0 fully saturated rings. The third-order valence-electron chi connectivity index (χ3n) is 4.97. The van der Waals surface area contributed by atoms with Crippen molar-refractivity contribution in [1.82, 2.24) is 0 Å². The normalized spacial score (nSPS) is 10.7. The number of halogens is 1. The first-order chi connectivity index (χ1) is 16.0. The Hall–Kier alpha value is -2.86. The summed E-state index contributed by atoms with van der Waals surface area (Å²) in [7, 11) is 0. The molecule has 0 radical (unpaired) electrons. The van der Waals surface area contributed by atoms with E-state index in [1.807, 2.05) is 66.7 Å². The minimum absolute atomic E-state index is 0.0833. The fourth-order valence-corrected chi connectivity index (χ4v) is 5.36. The lowest BCUT2D eigenvalue weighted by Crippen LogP contribution is -2.13. The van der Waals surface area contributed by atoms with Crippen LogP contribution in [0.5, 0.6) is 0 Å². The summed E-state index contributed by atoms with van der Waals surface area (Å²) in [5.74, 6) is 0.806. The molecule has 1 heterocycles. The van der Waals surface area contributed by atoms with E-state index < -0.39 is 0 Å². The van der Waals surface area contributed by atoms with Crippen LogP contribution in [0.25, 0.3) is 11.1 Å². The van der Waals surface area contributed by atoms with Crippen LogP contribution in [0.1, 0.15) is 27.7 Å². The smallest absolute Gasteiger partial charge is 0.229 e. The molecule has 0 spiro atoms. The quantitative estimate of drug-likeness (QED) is 0.204. The number of hydrogen-bond acceptors (Lipinski definition) is 4. The fourth-order valence-electron chi connectivity index (χ4n) is 3.45. The Balaban J connectivity index is 1.59. The minimum atomic E-state index is -0.122. The number of thioether (sulfide) groups is 1. The molecular weight excluding hydrogens is 470 g/mol. The third kappa shape index (κ3) is 5.93. The number of carbonyl (C=O) groups excluding carboxylic acids is 2. The summed E-state index contributed by atoms with van der Waals surface area (Å²) < 4.78 is 0. The van der Waals surface area contributed by atoms with E-state index in [0.29, 0.717) is 20.5 Å². The zero-order valence-corrected chi connectivity index (χ0v) is 20.4. The Kier molecular flexibility index (Phi) is 7.65. The second kappa shape index (κ2) is 10.8. The van der Waals surface area contributed by atoms with E-state index in [2.05, 4.69) is 12.2 Å². The van der Waals surface area contributed by atoms with Gasteiger partial charge < -0.3 is 5.32 Å². The van der Waals surface area contributed by atoms with Gasteiger partial charge in [-0.25, -0.2) is 0 Å². The van der Waals surface area contributed by atoms with E-state index in [4.69, 9.17) is 11.6 Å². The predicted octanol–water partition coefficient (Wildman–Crippen LogP) is 7.59. The molecule has 0 saturated heterocycles. The highest BCUT2D eigenvalue weighted by molar-refractivity contribution is 7.99. The molecule has 0 unspecified atom stereocenters. The largest absolute Gasteiger partial charge is 0.317 e. The molecule has 0 aliphatic carbocycles. The van der Waals surface area contributed by atoms with Gasteiger partial charge in [0.2, 0.25) is 11.7 Å². The SMILES string of the molecule is CCSc1ccc(CC(=O)Nc2cc(-c3cccc(Cl)c3)c(C(=O)c3ccccc3)s2)cc1. The standard InChI is InChI=1S/C27H22ClNO2S2/c1-2-32-22-13-11-18(12-14-22)15-24(30)29-25-17-23(20-9-6-10-21(28)16-20)27(33-25)26(31)19-7-4-3-5-8-19/h3-14,16-17H,2,15H2,1H3,(H,29,30). The Morgan fingerprint density at radius 3 is 2.39 bits per heavy atom. The van der Waals surface area contributed by atoms with Crippen molar-refractivity contribution in [2.75, 3.05) is 11.1 Å². The first kappa shape index (κ1) is 23.3. The van der Waals surface area contributed by atoms with Gasteiger partial charge in [0.15, 0.2) is 0 Å². The van der Waals surface area contributed by atoms with E-state index in [-0.39, 0.29) is 18.1 Å². The molecule has 1 amide bonds. The van der Waals surface area contributed by atoms with Crippen LogP contribution in [0.15, 0.2) is 89.8 Å². The second-order valence-corrected chi connectivity index (χ2v) is 10.2. The van der Waals surface area contributed by atoms with Crippen molar-refractivity contribution in [1.29, 1.82) is 0 Å². The minimum Gasteiger partial charge on any atom is -0.317 e. The monoisotopic (exact) mass is 491 g/mol. The first-order valence-corrected chi connectivity index (χ1v) is 12.7. The Labute approximate surface area is 206 Å². The molecule has 33 heavy (non-hydrogen) atoms. The van der Waals surface area contributed by atoms with Gasteiger partial charge in [0, 0.05) is 21.0 Å². The second-order valence-electron chi connectivity index (χ2n) is 7.36. The van der Waals surface area contributed by atoms with E-state index in [0.717, 1.165) is 22.4 Å². The lowest BCUT2D eigenvalue weighted by Gasteiger charge is -2.04. The molecule has 1 aromatic heterocycles. The summed E-state index contributed by atoms with van der Waals surface area (Å²) in [6.45, 7) is 2.11. The van der Waals surface area contributed by atoms with Crippen molar-refractivity contribution >= 4 is 51.4 Å². The maximum atomic E-state index is 13.3. The molecule has 166 valence electrons. The molecule has 0 aliphatic rings. The van der Waals surface area contributed by atoms with Crippen LogP contribution >= 0.6 is 34.7 Å². The number of nitrogens with one attached hydrogen (secondary N) is 1. The number of amides is 1. The molecule has 3 nitrogen and oxygen atoms in total. The molecule has 0 bridgehead atoms. The summed E-state index contributed by atoms with van der Waals surface area (Å²) in [5.41, 5.74) is 3.14. The van der Waals surface area contributed by atoms with Gasteiger partial charge in [0.1, 0.15) is 0 Å². The van der Waals surface area contributed by atoms with Crippen molar-refractivity contribution in [3.8, 4) is 11.1 Å². The number of thiophene rings is 1. The highest BCUT2D eigenvalue weighted by atomic mass is 35.5. The summed E-state index contributed by atoms with van der Waals surface area (Å²) in [6.07, 6.45) is 0.267. The van der Waals surface area contributed by atoms with Crippen LogP contribution in [0.2, 0.25) is 5.02 Å². The number of anilines is 1. The number of hydrogen-bond donors (Lipinski definition) is 1. The van der Waals surface area contributed by atoms with E-state index in [1.54, 1.807) is 30.0 Å². The summed E-state index contributed by atoms with van der Waals surface area (Å²) in [5, 5.41) is 4.19. The van der Waals surface area contributed by atoms with Gasteiger partial charge in [-0.3, -0.25) is 9.59 Å². The number of carbonyl (C=O) groups is 2. The maximum absolute atomic E-state index is 13.3. The zero-order valence-electron chi connectivity index (χ0n) is 18.0. The van der Waals surface area contributed by atoms with Crippen LogP contribution in [0.3, 0.4) is 0 Å². The summed E-state index contributed by atoms with van der Waals surface area (Å²) >= 11 is 9.26. The van der Waals surface area contributed by atoms with Crippen molar-refractivity contribution in [2.45, 2.75) is 18.2 Å². The van der Waals surface area contributed by atoms with E-state index >= 15 is 0 Å². The zero-order chi connectivity index (χ0) is 23.2. The number of benzene rings is 3. The van der Waals surface area contributed by atoms with E-state index in [1.165, 1.54) is 16.2 Å². The van der Waals surface area contributed by atoms with Gasteiger partial charge in [0.25, 0.3) is 0 Å². The summed E-state index contributed by atoms with van der Waals surface area (Å²) in [4.78, 5) is 27.8. The van der Waals surface area contributed by atoms with Crippen LogP contribution in [0.4, 0.5) is 5.00 Å². The molecule has 0 saturated carbocycles. The van der Waals surface area contributed by atoms with Gasteiger partial charge in [0.05, 0.1) is 16.3 Å². The molecule has 0 aliphatic heterocycles. The lowest BCUT2D eigenvalue weighted by molar-refractivity contribution is -0.115. The van der Waals surface area contributed by atoms with Crippen molar-refractivity contribution in [2.24, 2.45) is 0 Å². The molecule has 4 aromatic rings. The lowest BCUT2D eigenvalue weighted by atomic mass is 10.0. The maximum Gasteiger partial charge on any atom is 0.229 e. The van der Waals surface area contributed by atoms with Gasteiger partial charge in [-0.05, 0) is 47.2 Å². The van der Waals surface area contributed by atoms with Crippen molar-refractivity contribution in [3.63, 3.8) is 0 Å². The van der Waals surface area contributed by atoms with Gasteiger partial charge in [-0.15, -0.1) is 23.1 Å². The highest BCUT2D eigenvalue weighted by Gasteiger charge is 2.20. The topological polar surface area (TPSA) is 46.2 Å². The molecule has 3 aromatic carbocycles. The Bertz CT molecular complexity index is 1270. The average Bonchev–Trinajstić information content (AvgIpc) is 3.24. The van der Waals surface area contributed by atoms with Crippen molar-refractivity contribution in [3.05, 3.63) is 106 Å². The number of ketones is 1. The molecule has 6 heteroatoms. The van der Waals surface area contributed by atoms with Crippen LogP contribution in [0, 0.1) is 0 Å². The predicted molar refractivity (Wildman–Crippen MR) is 140 cm³/mol. The van der Waals surface area contributed by atoms with Gasteiger partial charge >= 0.3 is 0 Å². The molecule has 1 N–H and O–H groups in total. The first-order valence-electron chi connectivity index (χ1n) is 10.5. The van der Waals surface area contributed by atoms with Crippen LogP contribution in [-0.4, -0.2) is 17.4 Å². The van der Waals surface area contributed by atoms with Gasteiger partial charge in [-0.2, -0.15) is 0 Å².